The molecule has 1 heterocycles. The number of nitrogens with one attached hydrogen (secondary N) is 2. The van der Waals surface area contributed by atoms with Crippen LogP contribution in [-0.2, 0) is 9.59 Å². The Bertz CT molecular complexity index is 387. The molecule has 0 aromatic carbocycles. The Kier molecular flexibility index (Phi) is 3.88. The van der Waals surface area contributed by atoms with Gasteiger partial charge in [-0.1, -0.05) is 13.8 Å². The molecule has 1 unspecified atom stereocenters. The number of amides is 2. The van der Waals surface area contributed by atoms with E-state index < -0.39 is 11.4 Å². The van der Waals surface area contributed by atoms with Gasteiger partial charge >= 0.3 is 0 Å². The molecule has 1 aliphatic rings. The molecule has 6 nitrogen and oxygen atoms in total. The van der Waals surface area contributed by atoms with Crippen LogP contribution in [0.1, 0.15) is 27.2 Å². The lowest BCUT2D eigenvalue weighted by atomic mass is 10.0. The van der Waals surface area contributed by atoms with Gasteiger partial charge in [0.25, 0.3) is 0 Å². The molecule has 0 aromatic heterocycles. The molecule has 0 bridgehead atoms. The van der Waals surface area contributed by atoms with Crippen LogP contribution in [0.2, 0.25) is 0 Å². The van der Waals surface area contributed by atoms with Gasteiger partial charge in [-0.25, -0.2) is 0 Å². The molecule has 1 atom stereocenters. The summed E-state index contributed by atoms with van der Waals surface area (Å²) in [5.74, 6) is 0.0410. The second-order valence-corrected chi connectivity index (χ2v) is 4.65. The normalized spacial score (nSPS) is 22.9. The first-order valence-corrected chi connectivity index (χ1v) is 5.47. The lowest BCUT2D eigenvalue weighted by Crippen LogP contribution is -2.52. The zero-order chi connectivity index (χ0) is 13.1. The summed E-state index contributed by atoms with van der Waals surface area (Å²) < 4.78 is 0. The van der Waals surface area contributed by atoms with Crippen molar-refractivity contribution in [1.29, 1.82) is 0 Å². The maximum Gasteiger partial charge on any atom is 0.248 e. The number of nitrogens with two attached hydrogens (primary N) is 1. The minimum absolute atomic E-state index is 0.104. The Hall–Kier alpha value is -1.85. The number of carbonyl (C=O) groups is 2. The van der Waals surface area contributed by atoms with Crippen molar-refractivity contribution in [2.45, 2.75) is 32.7 Å². The average Bonchev–Trinajstić information content (AvgIpc) is 2.20. The van der Waals surface area contributed by atoms with E-state index in [1.54, 1.807) is 19.1 Å². The summed E-state index contributed by atoms with van der Waals surface area (Å²) in [6, 6.07) is 0. The minimum atomic E-state index is -0.994. The van der Waals surface area contributed by atoms with Gasteiger partial charge in [-0.2, -0.15) is 5.10 Å². The third kappa shape index (κ3) is 3.58. The van der Waals surface area contributed by atoms with E-state index in [0.29, 0.717) is 12.3 Å². The SMILES string of the molecule is CC(C)CC(=O)NC1=NNC(C)(C(N)=O)C=C1. The van der Waals surface area contributed by atoms with Gasteiger partial charge in [0.05, 0.1) is 0 Å². The molecule has 0 fully saturated rings. The average molecular weight is 238 g/mol. The zero-order valence-electron chi connectivity index (χ0n) is 10.3. The number of primary amides is 1. The highest BCUT2D eigenvalue weighted by Gasteiger charge is 2.29. The van der Waals surface area contributed by atoms with Crippen molar-refractivity contribution in [3.63, 3.8) is 0 Å². The maximum absolute atomic E-state index is 11.5. The molecule has 4 N–H and O–H groups in total. The number of hydrogen-bond acceptors (Lipinski definition) is 4. The van der Waals surface area contributed by atoms with Gasteiger partial charge in [0.15, 0.2) is 5.84 Å². The fourth-order valence-electron chi connectivity index (χ4n) is 1.27. The van der Waals surface area contributed by atoms with Crippen LogP contribution in [0, 0.1) is 5.92 Å². The summed E-state index contributed by atoms with van der Waals surface area (Å²) >= 11 is 0. The molecule has 94 valence electrons. The second kappa shape index (κ2) is 4.99. The van der Waals surface area contributed by atoms with E-state index in [4.69, 9.17) is 5.73 Å². The van der Waals surface area contributed by atoms with Gasteiger partial charge in [-0.05, 0) is 25.0 Å². The van der Waals surface area contributed by atoms with Gasteiger partial charge in [0, 0.05) is 6.42 Å². The van der Waals surface area contributed by atoms with Gasteiger partial charge in [0.2, 0.25) is 11.8 Å². The van der Waals surface area contributed by atoms with E-state index in [1.165, 1.54) is 0 Å². The Morgan fingerprint density at radius 2 is 2.24 bits per heavy atom. The van der Waals surface area contributed by atoms with Crippen LogP contribution in [0.25, 0.3) is 0 Å². The lowest BCUT2D eigenvalue weighted by molar-refractivity contribution is -0.122. The Morgan fingerprint density at radius 1 is 1.59 bits per heavy atom. The van der Waals surface area contributed by atoms with Crippen LogP contribution in [0.4, 0.5) is 0 Å². The Labute approximate surface area is 100 Å². The van der Waals surface area contributed by atoms with Gasteiger partial charge in [0.1, 0.15) is 5.54 Å². The summed E-state index contributed by atoms with van der Waals surface area (Å²) in [4.78, 5) is 22.6. The maximum atomic E-state index is 11.5. The van der Waals surface area contributed by atoms with Crippen LogP contribution < -0.4 is 16.5 Å². The monoisotopic (exact) mass is 238 g/mol. The highest BCUT2D eigenvalue weighted by atomic mass is 16.2. The Balaban J connectivity index is 2.56. The largest absolute Gasteiger partial charge is 0.367 e. The van der Waals surface area contributed by atoms with Gasteiger partial charge < -0.3 is 11.1 Å². The molecule has 2 amide bonds. The highest BCUT2D eigenvalue weighted by Crippen LogP contribution is 2.09. The fourth-order valence-corrected chi connectivity index (χ4v) is 1.27. The van der Waals surface area contributed by atoms with E-state index in [2.05, 4.69) is 15.8 Å². The summed E-state index contributed by atoms with van der Waals surface area (Å²) in [6.45, 7) is 5.53. The van der Waals surface area contributed by atoms with E-state index >= 15 is 0 Å². The van der Waals surface area contributed by atoms with Crippen molar-refractivity contribution < 1.29 is 9.59 Å². The molecular weight excluding hydrogens is 220 g/mol. The van der Waals surface area contributed by atoms with Gasteiger partial charge in [-0.3, -0.25) is 15.0 Å². The number of rotatable bonds is 3. The first kappa shape index (κ1) is 13.2. The number of carbonyl (C=O) groups excluding carboxylic acids is 2. The predicted molar refractivity (Wildman–Crippen MR) is 64.9 cm³/mol. The number of hydrazone groups is 1. The van der Waals surface area contributed by atoms with Crippen LogP contribution in [-0.4, -0.2) is 23.2 Å². The molecule has 17 heavy (non-hydrogen) atoms. The van der Waals surface area contributed by atoms with Crippen LogP contribution >= 0.6 is 0 Å². The van der Waals surface area contributed by atoms with E-state index in [1.807, 2.05) is 13.8 Å². The van der Waals surface area contributed by atoms with Crippen LogP contribution in [0.5, 0.6) is 0 Å². The third-order valence-electron chi connectivity index (χ3n) is 2.36. The standard InChI is InChI=1S/C11H18N4O2/c1-7(2)6-9(16)13-8-4-5-11(3,10(12)17)15-14-8/h4-5,7,15H,6H2,1-3H3,(H2,12,17)(H,13,14,16). The van der Waals surface area contributed by atoms with Crippen molar-refractivity contribution in [2.24, 2.45) is 16.8 Å². The fraction of sp³-hybridized carbons (Fsp3) is 0.545. The first-order chi connectivity index (χ1) is 7.83. The summed E-state index contributed by atoms with van der Waals surface area (Å²) in [5, 5.41) is 6.53. The van der Waals surface area contributed by atoms with Crippen LogP contribution in [0.15, 0.2) is 17.3 Å². The van der Waals surface area contributed by atoms with E-state index in [0.717, 1.165) is 0 Å². The molecule has 0 spiro atoms. The van der Waals surface area contributed by atoms with Crippen molar-refractivity contribution in [1.82, 2.24) is 10.7 Å². The Morgan fingerprint density at radius 3 is 2.65 bits per heavy atom. The first-order valence-electron chi connectivity index (χ1n) is 5.47. The molecule has 6 heteroatoms. The number of amidine groups is 1. The smallest absolute Gasteiger partial charge is 0.248 e. The zero-order valence-corrected chi connectivity index (χ0v) is 10.3. The quantitative estimate of drug-likeness (QED) is 0.638. The van der Waals surface area contributed by atoms with Crippen molar-refractivity contribution in [3.8, 4) is 0 Å². The van der Waals surface area contributed by atoms with E-state index in [-0.39, 0.29) is 11.8 Å². The summed E-state index contributed by atoms with van der Waals surface area (Å²) in [7, 11) is 0. The topological polar surface area (TPSA) is 96.6 Å². The van der Waals surface area contributed by atoms with E-state index in [9.17, 15) is 9.59 Å². The molecular formula is C11H18N4O2. The molecule has 0 saturated carbocycles. The molecule has 1 rings (SSSR count). The molecule has 0 aliphatic carbocycles. The van der Waals surface area contributed by atoms with Crippen molar-refractivity contribution in [3.05, 3.63) is 12.2 Å². The number of hydrogen-bond donors (Lipinski definition) is 3. The number of nitrogens with zero attached hydrogens (tertiary/aromatic N) is 1. The summed E-state index contributed by atoms with van der Waals surface area (Å²) in [5.41, 5.74) is 6.83. The molecule has 0 radical (unpaired) electrons. The predicted octanol–water partition coefficient (Wildman–Crippen LogP) is -0.134. The molecule has 1 aliphatic heterocycles. The van der Waals surface area contributed by atoms with Crippen LogP contribution in [0.3, 0.4) is 0 Å². The van der Waals surface area contributed by atoms with Crippen molar-refractivity contribution >= 4 is 17.6 Å². The third-order valence-corrected chi connectivity index (χ3v) is 2.36. The molecule has 0 saturated heterocycles. The highest BCUT2D eigenvalue weighted by molar-refractivity contribution is 6.05. The van der Waals surface area contributed by atoms with Gasteiger partial charge in [-0.15, -0.1) is 0 Å². The molecule has 0 aromatic rings. The minimum Gasteiger partial charge on any atom is -0.367 e. The lowest BCUT2D eigenvalue weighted by Gasteiger charge is -2.25. The van der Waals surface area contributed by atoms with Crippen molar-refractivity contribution in [2.75, 3.05) is 0 Å². The summed E-state index contributed by atoms with van der Waals surface area (Å²) in [6.07, 6.45) is 3.58. The second-order valence-electron chi connectivity index (χ2n) is 4.65.